The Hall–Kier alpha value is -2.39. The van der Waals surface area contributed by atoms with E-state index in [0.29, 0.717) is 21.6 Å². The molecule has 2 aromatic heterocycles. The van der Waals surface area contributed by atoms with Crippen molar-refractivity contribution in [3.8, 4) is 0 Å². The number of fused-ring (bicyclic) bond motifs is 1. The van der Waals surface area contributed by atoms with Crippen LogP contribution in [0.15, 0.2) is 52.6 Å². The van der Waals surface area contributed by atoms with Gasteiger partial charge in [0.2, 0.25) is 0 Å². The third-order valence-corrected chi connectivity index (χ3v) is 8.53. The monoisotopic (exact) mass is 496 g/mol. The molecule has 1 spiro atoms. The molecule has 3 N–H and O–H groups in total. The Bertz CT molecular complexity index is 1200. The second-order valence-corrected chi connectivity index (χ2v) is 10.7. The first-order valence-electron chi connectivity index (χ1n) is 11.5. The number of pyridine rings is 1. The Morgan fingerprint density at radius 1 is 1.21 bits per heavy atom. The van der Waals surface area contributed by atoms with Gasteiger partial charge in [-0.1, -0.05) is 47.6 Å². The molecular formula is C25H29ClN6OS. The van der Waals surface area contributed by atoms with Gasteiger partial charge >= 0.3 is 0 Å². The molecule has 7 nitrogen and oxygen atoms in total. The summed E-state index contributed by atoms with van der Waals surface area (Å²) in [6, 6.07) is 10.5. The van der Waals surface area contributed by atoms with E-state index >= 15 is 0 Å². The maximum atomic E-state index is 10.1. The molecule has 0 unspecified atom stereocenters. The summed E-state index contributed by atoms with van der Waals surface area (Å²) in [5.41, 5.74) is 10.1. The average Bonchev–Trinajstić information content (AvgIpc) is 3.12. The number of anilines is 2. The molecule has 0 radical (unpaired) electrons. The van der Waals surface area contributed by atoms with Crippen LogP contribution < -0.4 is 15.5 Å². The van der Waals surface area contributed by atoms with Gasteiger partial charge in [0.05, 0.1) is 17.8 Å². The van der Waals surface area contributed by atoms with E-state index in [4.69, 9.17) is 27.3 Å². The molecule has 5 rings (SSSR count). The fraction of sp³-hybridized carbons (Fsp3) is 0.400. The lowest BCUT2D eigenvalue weighted by molar-refractivity contribution is 0.186. The summed E-state index contributed by atoms with van der Waals surface area (Å²) in [5.74, 6) is 1.45. The van der Waals surface area contributed by atoms with Crippen LogP contribution in [0.2, 0.25) is 5.02 Å². The van der Waals surface area contributed by atoms with Crippen LogP contribution in [0, 0.1) is 5.41 Å². The van der Waals surface area contributed by atoms with Crippen molar-refractivity contribution in [1.29, 1.82) is 0 Å². The van der Waals surface area contributed by atoms with Gasteiger partial charge in [0, 0.05) is 44.3 Å². The molecule has 0 saturated carbocycles. The van der Waals surface area contributed by atoms with E-state index in [1.54, 1.807) is 12.4 Å². The minimum Gasteiger partial charge on any atom is -0.390 e. The number of benzene rings is 1. The van der Waals surface area contributed by atoms with E-state index in [1.807, 2.05) is 25.1 Å². The van der Waals surface area contributed by atoms with Crippen molar-refractivity contribution in [2.24, 2.45) is 11.1 Å². The summed E-state index contributed by atoms with van der Waals surface area (Å²) in [6.07, 6.45) is 6.51. The quantitative estimate of drug-likeness (QED) is 0.546. The van der Waals surface area contributed by atoms with Crippen LogP contribution in [-0.2, 0) is 13.0 Å². The predicted molar refractivity (Wildman–Crippen MR) is 137 cm³/mol. The van der Waals surface area contributed by atoms with Gasteiger partial charge in [-0.2, -0.15) is 0 Å². The van der Waals surface area contributed by atoms with Gasteiger partial charge < -0.3 is 20.6 Å². The first-order chi connectivity index (χ1) is 16.4. The highest BCUT2D eigenvalue weighted by atomic mass is 35.5. The third kappa shape index (κ3) is 4.13. The van der Waals surface area contributed by atoms with Crippen LogP contribution >= 0.6 is 23.4 Å². The normalized spacial score (nSPS) is 18.9. The number of rotatable bonds is 5. The first kappa shape index (κ1) is 23.4. The fourth-order valence-electron chi connectivity index (χ4n) is 5.21. The van der Waals surface area contributed by atoms with Crippen LogP contribution in [-0.4, -0.2) is 47.2 Å². The molecule has 0 amide bonds. The molecule has 3 aromatic rings. The fourth-order valence-corrected chi connectivity index (χ4v) is 6.40. The Balaban J connectivity index is 1.32. The summed E-state index contributed by atoms with van der Waals surface area (Å²) in [7, 11) is 3.81. The lowest BCUT2D eigenvalue weighted by Crippen LogP contribution is -2.45. The molecule has 1 fully saturated rings. The number of halogens is 1. The Morgan fingerprint density at radius 3 is 2.68 bits per heavy atom. The molecule has 1 saturated heterocycles. The number of hydrogen-bond acceptors (Lipinski definition) is 8. The van der Waals surface area contributed by atoms with Crippen molar-refractivity contribution in [2.45, 2.75) is 41.8 Å². The molecule has 0 bridgehead atoms. The highest BCUT2D eigenvalue weighted by molar-refractivity contribution is 7.99. The predicted octanol–water partition coefficient (Wildman–Crippen LogP) is 4.08. The zero-order valence-electron chi connectivity index (χ0n) is 19.4. The number of aliphatic hydroxyl groups excluding tert-OH is 1. The van der Waals surface area contributed by atoms with Crippen molar-refractivity contribution < 1.29 is 5.11 Å². The van der Waals surface area contributed by atoms with Crippen molar-refractivity contribution in [3.05, 3.63) is 64.6 Å². The zero-order chi connectivity index (χ0) is 23.9. The number of piperidine rings is 1. The number of nitrogens with two attached hydrogens (primary N) is 1. The molecule has 3 heterocycles. The minimum absolute atomic E-state index is 0.0742. The van der Waals surface area contributed by atoms with E-state index in [0.717, 1.165) is 43.1 Å². The van der Waals surface area contributed by atoms with Crippen LogP contribution in [0.5, 0.6) is 0 Å². The van der Waals surface area contributed by atoms with Crippen molar-refractivity contribution >= 4 is 35.0 Å². The zero-order valence-corrected chi connectivity index (χ0v) is 21.0. The van der Waals surface area contributed by atoms with E-state index in [9.17, 15) is 5.11 Å². The molecule has 1 aromatic carbocycles. The largest absolute Gasteiger partial charge is 0.390 e. The molecule has 1 aliphatic heterocycles. The third-order valence-electron chi connectivity index (χ3n) is 7.07. The Morgan fingerprint density at radius 2 is 1.97 bits per heavy atom. The topological polar surface area (TPSA) is 91.4 Å². The first-order valence-corrected chi connectivity index (χ1v) is 12.7. The maximum absolute atomic E-state index is 10.1. The lowest BCUT2D eigenvalue weighted by atomic mass is 9.73. The highest BCUT2D eigenvalue weighted by Gasteiger charge is 2.46. The van der Waals surface area contributed by atoms with E-state index in [1.165, 1.54) is 22.9 Å². The average molecular weight is 497 g/mol. The van der Waals surface area contributed by atoms with E-state index in [2.05, 4.69) is 34.1 Å². The smallest absolute Gasteiger partial charge is 0.152 e. The minimum atomic E-state index is -0.170. The summed E-state index contributed by atoms with van der Waals surface area (Å²) >= 11 is 7.96. The molecule has 34 heavy (non-hydrogen) atoms. The summed E-state index contributed by atoms with van der Waals surface area (Å²) in [5, 5.41) is 11.3. The molecule has 2 aliphatic rings. The molecule has 1 aliphatic carbocycles. The maximum Gasteiger partial charge on any atom is 0.152 e. The van der Waals surface area contributed by atoms with Gasteiger partial charge in [0.25, 0.3) is 0 Å². The molecule has 1 atom stereocenters. The van der Waals surface area contributed by atoms with Crippen LogP contribution in [0.1, 0.15) is 35.7 Å². The second-order valence-electron chi connectivity index (χ2n) is 9.28. The van der Waals surface area contributed by atoms with Gasteiger partial charge in [-0.15, -0.1) is 0 Å². The van der Waals surface area contributed by atoms with Crippen LogP contribution in [0.3, 0.4) is 0 Å². The summed E-state index contributed by atoms with van der Waals surface area (Å²) in [4.78, 5) is 18.7. The SMILES string of the molecule is CN(C)c1nccc(Sc2cnc(N3CCC4(CC3)Cc3ccccc3[C@H]4N)c(CO)n2)c1Cl. The standard InChI is InChI=1S/C25H29ClN6OS/c1-31(2)24-21(26)19(7-10-28-24)34-20-14-29-23(18(15-33)30-20)32-11-8-25(9-12-32)13-16-5-3-4-6-17(16)22(25)27/h3-7,10,14,22,33H,8-9,11-13,15,27H2,1-2H3/t22-/m1/s1. The number of aromatic nitrogens is 3. The number of aliphatic hydroxyl groups is 1. The van der Waals surface area contributed by atoms with Gasteiger partial charge in [-0.25, -0.2) is 15.0 Å². The number of hydrogen-bond donors (Lipinski definition) is 2. The highest BCUT2D eigenvalue weighted by Crippen LogP contribution is 2.51. The lowest BCUT2D eigenvalue weighted by Gasteiger charge is -2.42. The molecule has 9 heteroatoms. The van der Waals surface area contributed by atoms with Crippen molar-refractivity contribution in [2.75, 3.05) is 37.0 Å². The van der Waals surface area contributed by atoms with Gasteiger partial charge in [0.15, 0.2) is 5.82 Å². The second kappa shape index (κ2) is 9.34. The van der Waals surface area contributed by atoms with E-state index < -0.39 is 0 Å². The molecular weight excluding hydrogens is 468 g/mol. The van der Waals surface area contributed by atoms with Crippen molar-refractivity contribution in [1.82, 2.24) is 15.0 Å². The Labute approximate surface area is 209 Å². The van der Waals surface area contributed by atoms with Crippen molar-refractivity contribution in [3.63, 3.8) is 0 Å². The number of nitrogens with zero attached hydrogens (tertiary/aromatic N) is 5. The van der Waals surface area contributed by atoms with Gasteiger partial charge in [0.1, 0.15) is 16.5 Å². The summed E-state index contributed by atoms with van der Waals surface area (Å²) in [6.45, 7) is 1.52. The van der Waals surface area contributed by atoms with Gasteiger partial charge in [-0.05, 0) is 41.9 Å². The summed E-state index contributed by atoms with van der Waals surface area (Å²) < 4.78 is 0. The Kier molecular flexibility index (Phi) is 6.41. The van der Waals surface area contributed by atoms with E-state index in [-0.39, 0.29) is 18.1 Å². The molecule has 178 valence electrons. The van der Waals surface area contributed by atoms with Crippen LogP contribution in [0.25, 0.3) is 0 Å². The van der Waals surface area contributed by atoms with Gasteiger partial charge in [-0.3, -0.25) is 0 Å². The van der Waals surface area contributed by atoms with Crippen LogP contribution in [0.4, 0.5) is 11.6 Å².